The lowest BCUT2D eigenvalue weighted by atomic mass is 10.2. The third-order valence-electron chi connectivity index (χ3n) is 5.60. The average Bonchev–Trinajstić information content (AvgIpc) is 3.40. The van der Waals surface area contributed by atoms with Crippen molar-refractivity contribution in [1.29, 1.82) is 5.26 Å². The molecule has 0 spiro atoms. The van der Waals surface area contributed by atoms with Crippen LogP contribution in [0.15, 0.2) is 46.9 Å². The van der Waals surface area contributed by atoms with Gasteiger partial charge in [-0.15, -0.1) is 0 Å². The molecule has 0 saturated carbocycles. The van der Waals surface area contributed by atoms with Crippen LogP contribution in [-0.4, -0.2) is 52.8 Å². The number of anilines is 2. The SMILES string of the molecule is Cc1ccc(C)n1-c1cc(N2CCN(C(=O)O)CC2)ccc1NC(=O)c1ccc(C#N)o1. The number of benzene rings is 1. The van der Waals surface area contributed by atoms with Crippen LogP contribution in [0, 0.1) is 25.2 Å². The first-order valence-electron chi connectivity index (χ1n) is 10.2. The molecule has 9 heteroatoms. The van der Waals surface area contributed by atoms with Gasteiger partial charge < -0.3 is 29.2 Å². The molecule has 4 rings (SSSR count). The van der Waals surface area contributed by atoms with Crippen LogP contribution >= 0.6 is 0 Å². The summed E-state index contributed by atoms with van der Waals surface area (Å²) in [5, 5.41) is 21.0. The fraction of sp³-hybridized carbons (Fsp3) is 0.261. The van der Waals surface area contributed by atoms with E-state index in [2.05, 4.69) is 14.8 Å². The molecule has 0 atom stereocenters. The molecule has 1 saturated heterocycles. The highest BCUT2D eigenvalue weighted by Crippen LogP contribution is 2.30. The molecule has 0 bridgehead atoms. The Hall–Kier alpha value is -4.19. The summed E-state index contributed by atoms with van der Waals surface area (Å²) in [5.41, 5.74) is 4.36. The number of nitriles is 1. The molecule has 1 aromatic carbocycles. The lowest BCUT2D eigenvalue weighted by Gasteiger charge is -2.35. The maximum atomic E-state index is 12.7. The van der Waals surface area contributed by atoms with Crippen LogP contribution in [-0.2, 0) is 0 Å². The highest BCUT2D eigenvalue weighted by molar-refractivity contribution is 6.03. The zero-order valence-corrected chi connectivity index (χ0v) is 17.8. The maximum absolute atomic E-state index is 12.7. The van der Waals surface area contributed by atoms with E-state index in [1.807, 2.05) is 50.2 Å². The van der Waals surface area contributed by atoms with E-state index in [4.69, 9.17) is 9.68 Å². The number of aromatic nitrogens is 1. The zero-order valence-electron chi connectivity index (χ0n) is 17.8. The molecule has 2 aromatic heterocycles. The monoisotopic (exact) mass is 433 g/mol. The minimum Gasteiger partial charge on any atom is -0.465 e. The number of furan rings is 1. The molecule has 2 N–H and O–H groups in total. The molecule has 1 aliphatic heterocycles. The van der Waals surface area contributed by atoms with Crippen LogP contribution in [0.5, 0.6) is 0 Å². The number of carboxylic acid groups (broad SMARTS) is 1. The van der Waals surface area contributed by atoms with Gasteiger partial charge in [0, 0.05) is 43.3 Å². The Balaban J connectivity index is 1.67. The summed E-state index contributed by atoms with van der Waals surface area (Å²) in [5.74, 6) is -0.316. The second kappa shape index (κ2) is 8.51. The van der Waals surface area contributed by atoms with E-state index in [0.717, 1.165) is 22.8 Å². The van der Waals surface area contributed by atoms with E-state index in [1.54, 1.807) is 0 Å². The maximum Gasteiger partial charge on any atom is 0.407 e. The number of hydrogen-bond donors (Lipinski definition) is 2. The predicted molar refractivity (Wildman–Crippen MR) is 118 cm³/mol. The van der Waals surface area contributed by atoms with Gasteiger partial charge >= 0.3 is 6.09 Å². The number of piperazine rings is 1. The molecule has 2 amide bonds. The fourth-order valence-electron chi connectivity index (χ4n) is 3.92. The summed E-state index contributed by atoms with van der Waals surface area (Å²) in [6, 6.07) is 14.5. The van der Waals surface area contributed by atoms with Crippen LogP contribution in [0.1, 0.15) is 27.7 Å². The third kappa shape index (κ3) is 4.03. The summed E-state index contributed by atoms with van der Waals surface area (Å²) in [4.78, 5) is 27.5. The molecule has 0 radical (unpaired) electrons. The average molecular weight is 433 g/mol. The minimum atomic E-state index is -0.903. The van der Waals surface area contributed by atoms with Gasteiger partial charge in [0.05, 0.1) is 11.4 Å². The van der Waals surface area contributed by atoms with Gasteiger partial charge in [-0.05, 0) is 56.3 Å². The predicted octanol–water partition coefficient (Wildman–Crippen LogP) is 3.61. The molecular formula is C23H23N5O4. The van der Waals surface area contributed by atoms with Crippen molar-refractivity contribution >= 4 is 23.4 Å². The largest absolute Gasteiger partial charge is 0.465 e. The van der Waals surface area contributed by atoms with Crippen molar-refractivity contribution in [1.82, 2.24) is 9.47 Å². The Bertz CT molecular complexity index is 1190. The number of nitrogens with one attached hydrogen (secondary N) is 1. The zero-order chi connectivity index (χ0) is 22.8. The highest BCUT2D eigenvalue weighted by Gasteiger charge is 2.22. The summed E-state index contributed by atoms with van der Waals surface area (Å²) in [6.07, 6.45) is -0.903. The van der Waals surface area contributed by atoms with Gasteiger partial charge in [-0.2, -0.15) is 5.26 Å². The second-order valence-corrected chi connectivity index (χ2v) is 7.64. The van der Waals surface area contributed by atoms with E-state index in [9.17, 15) is 14.7 Å². The highest BCUT2D eigenvalue weighted by atomic mass is 16.4. The molecular weight excluding hydrogens is 410 g/mol. The molecule has 0 unspecified atom stereocenters. The fourth-order valence-corrected chi connectivity index (χ4v) is 3.92. The summed E-state index contributed by atoms with van der Waals surface area (Å²) < 4.78 is 7.30. The minimum absolute atomic E-state index is 0.0577. The van der Waals surface area contributed by atoms with E-state index in [1.165, 1.54) is 17.0 Å². The standard InChI is InChI=1S/C23H23N5O4/c1-15-3-4-16(2)28(15)20-13-17(26-9-11-27(12-10-26)23(30)31)5-7-19(20)25-22(29)21-8-6-18(14-24)32-21/h3-8,13H,9-12H2,1-2H3,(H,25,29)(H,30,31). The third-order valence-corrected chi connectivity index (χ3v) is 5.60. The van der Waals surface area contributed by atoms with Crippen molar-refractivity contribution in [3.63, 3.8) is 0 Å². The van der Waals surface area contributed by atoms with Gasteiger partial charge in [0.25, 0.3) is 5.91 Å². The van der Waals surface area contributed by atoms with Crippen LogP contribution < -0.4 is 10.2 Å². The Morgan fingerprint density at radius 1 is 1.03 bits per heavy atom. The molecule has 1 aliphatic rings. The van der Waals surface area contributed by atoms with E-state index in [0.29, 0.717) is 31.9 Å². The van der Waals surface area contributed by atoms with Crippen LogP contribution in [0.3, 0.4) is 0 Å². The lowest BCUT2D eigenvalue weighted by Crippen LogP contribution is -2.48. The van der Waals surface area contributed by atoms with Gasteiger partial charge in [-0.1, -0.05) is 0 Å². The number of rotatable bonds is 4. The molecule has 1 fully saturated rings. The summed E-state index contributed by atoms with van der Waals surface area (Å²) >= 11 is 0. The topological polar surface area (TPSA) is 115 Å². The summed E-state index contributed by atoms with van der Waals surface area (Å²) in [7, 11) is 0. The Morgan fingerprint density at radius 2 is 1.72 bits per heavy atom. The van der Waals surface area contributed by atoms with E-state index >= 15 is 0 Å². The van der Waals surface area contributed by atoms with Gasteiger partial charge in [-0.3, -0.25) is 4.79 Å². The van der Waals surface area contributed by atoms with Gasteiger partial charge in [0.2, 0.25) is 5.76 Å². The van der Waals surface area contributed by atoms with Crippen molar-refractivity contribution in [3.05, 3.63) is 65.4 Å². The quantitative estimate of drug-likeness (QED) is 0.650. The van der Waals surface area contributed by atoms with E-state index in [-0.39, 0.29) is 11.5 Å². The van der Waals surface area contributed by atoms with Crippen molar-refractivity contribution in [2.45, 2.75) is 13.8 Å². The summed E-state index contributed by atoms with van der Waals surface area (Å²) in [6.45, 7) is 6.02. The van der Waals surface area contributed by atoms with Gasteiger partial charge in [0.15, 0.2) is 5.76 Å². The van der Waals surface area contributed by atoms with Crippen molar-refractivity contribution in [2.75, 3.05) is 36.4 Å². The number of hydrogen-bond acceptors (Lipinski definition) is 5. The van der Waals surface area contributed by atoms with E-state index < -0.39 is 12.0 Å². The van der Waals surface area contributed by atoms with Crippen LogP contribution in [0.25, 0.3) is 5.69 Å². The molecule has 3 heterocycles. The smallest absolute Gasteiger partial charge is 0.407 e. The molecule has 164 valence electrons. The molecule has 0 aliphatic carbocycles. The Morgan fingerprint density at radius 3 is 2.31 bits per heavy atom. The first-order valence-corrected chi connectivity index (χ1v) is 10.2. The second-order valence-electron chi connectivity index (χ2n) is 7.64. The number of amides is 2. The number of carbonyl (C=O) groups excluding carboxylic acids is 1. The van der Waals surface area contributed by atoms with Crippen LogP contribution in [0.2, 0.25) is 0 Å². The molecule has 32 heavy (non-hydrogen) atoms. The first-order chi connectivity index (χ1) is 15.4. The Kier molecular flexibility index (Phi) is 5.60. The molecule has 3 aromatic rings. The van der Waals surface area contributed by atoms with Crippen LogP contribution in [0.4, 0.5) is 16.2 Å². The number of nitrogens with zero attached hydrogens (tertiary/aromatic N) is 4. The normalized spacial score (nSPS) is 13.7. The van der Waals surface area contributed by atoms with Crippen molar-refractivity contribution in [2.24, 2.45) is 0 Å². The number of aryl methyl sites for hydroxylation is 2. The lowest BCUT2D eigenvalue weighted by molar-refractivity contribution is 0.0996. The van der Waals surface area contributed by atoms with Crippen molar-refractivity contribution in [3.8, 4) is 11.8 Å². The number of carbonyl (C=O) groups is 2. The first kappa shape index (κ1) is 21.1. The van der Waals surface area contributed by atoms with Gasteiger partial charge in [0.1, 0.15) is 6.07 Å². The molecule has 9 nitrogen and oxygen atoms in total. The van der Waals surface area contributed by atoms with Crippen molar-refractivity contribution < 1.29 is 19.1 Å². The Labute approximate surface area is 185 Å². The van der Waals surface area contributed by atoms with Gasteiger partial charge in [-0.25, -0.2) is 4.79 Å².